The second-order valence-corrected chi connectivity index (χ2v) is 7.94. The fraction of sp³-hybridized carbons (Fsp3) is 0.100. The molecule has 0 fully saturated rings. The summed E-state index contributed by atoms with van der Waals surface area (Å²) >= 11 is 4.80. The summed E-state index contributed by atoms with van der Waals surface area (Å²) in [5.74, 6) is -0.312. The molecule has 28 heavy (non-hydrogen) atoms. The molecule has 0 atom stereocenters. The van der Waals surface area contributed by atoms with Crippen molar-refractivity contribution in [3.05, 3.63) is 81.4 Å². The molecule has 0 saturated carbocycles. The minimum absolute atomic E-state index is 0.302. The lowest BCUT2D eigenvalue weighted by molar-refractivity contribution is 0.102. The highest BCUT2D eigenvalue weighted by molar-refractivity contribution is 9.10. The molecule has 2 aromatic heterocycles. The van der Waals surface area contributed by atoms with Gasteiger partial charge in [-0.05, 0) is 24.6 Å². The molecule has 0 spiro atoms. The summed E-state index contributed by atoms with van der Waals surface area (Å²) < 4.78 is 2.73. The average Bonchev–Trinajstić information content (AvgIpc) is 3.30. The number of carbonyl (C=O) groups is 1. The minimum atomic E-state index is -0.312. The van der Waals surface area contributed by atoms with Crippen molar-refractivity contribution in [3.63, 3.8) is 0 Å². The number of nitrogens with one attached hydrogen (secondary N) is 1. The van der Waals surface area contributed by atoms with E-state index in [0.717, 1.165) is 21.3 Å². The predicted molar refractivity (Wildman–Crippen MR) is 114 cm³/mol. The zero-order chi connectivity index (χ0) is 19.5. The number of thiazole rings is 1. The van der Waals surface area contributed by atoms with E-state index in [0.29, 0.717) is 23.1 Å². The second kappa shape index (κ2) is 8.04. The lowest BCUT2D eigenvalue weighted by Gasteiger charge is -2.04. The summed E-state index contributed by atoms with van der Waals surface area (Å²) in [5.41, 5.74) is 3.92. The van der Waals surface area contributed by atoms with Crippen molar-refractivity contribution < 1.29 is 4.79 Å². The lowest BCUT2D eigenvalue weighted by atomic mass is 10.2. The van der Waals surface area contributed by atoms with Crippen LogP contribution >= 0.6 is 27.3 Å². The van der Waals surface area contributed by atoms with E-state index in [1.54, 1.807) is 4.68 Å². The lowest BCUT2D eigenvalue weighted by Crippen LogP contribution is -2.14. The first-order valence-corrected chi connectivity index (χ1v) is 10.2. The number of anilines is 1. The summed E-state index contributed by atoms with van der Waals surface area (Å²) in [5, 5.41) is 13.4. The number of rotatable bonds is 5. The van der Waals surface area contributed by atoms with Gasteiger partial charge in [0.15, 0.2) is 10.8 Å². The van der Waals surface area contributed by atoms with Crippen LogP contribution < -0.4 is 5.32 Å². The van der Waals surface area contributed by atoms with Gasteiger partial charge in [0.2, 0.25) is 0 Å². The molecule has 0 radical (unpaired) electrons. The van der Waals surface area contributed by atoms with Crippen molar-refractivity contribution in [1.29, 1.82) is 0 Å². The van der Waals surface area contributed by atoms with Crippen LogP contribution in [0.5, 0.6) is 0 Å². The molecular weight excluding hydrogens is 438 g/mol. The number of aromatic nitrogens is 4. The third-order valence-electron chi connectivity index (χ3n) is 4.24. The normalized spacial score (nSPS) is 10.8. The third-order valence-corrected chi connectivity index (χ3v) is 5.52. The maximum absolute atomic E-state index is 12.6. The van der Waals surface area contributed by atoms with E-state index >= 15 is 0 Å². The van der Waals surface area contributed by atoms with Gasteiger partial charge in [-0.1, -0.05) is 63.6 Å². The van der Waals surface area contributed by atoms with Crippen molar-refractivity contribution >= 4 is 38.3 Å². The van der Waals surface area contributed by atoms with Gasteiger partial charge in [0.05, 0.1) is 17.9 Å². The van der Waals surface area contributed by atoms with Crippen LogP contribution in [0.15, 0.2) is 64.5 Å². The number of nitrogens with zero attached hydrogens (tertiary/aromatic N) is 4. The molecule has 4 aromatic rings. The largest absolute Gasteiger partial charge is 0.296 e. The molecule has 8 heteroatoms. The Labute approximate surface area is 174 Å². The summed E-state index contributed by atoms with van der Waals surface area (Å²) in [6, 6.07) is 17.8. The van der Waals surface area contributed by atoms with Gasteiger partial charge in [-0.15, -0.1) is 16.4 Å². The van der Waals surface area contributed by atoms with E-state index in [9.17, 15) is 4.79 Å². The molecule has 4 rings (SSSR count). The maximum atomic E-state index is 12.6. The quantitative estimate of drug-likeness (QED) is 0.472. The van der Waals surface area contributed by atoms with Crippen LogP contribution in [0.4, 0.5) is 5.13 Å². The van der Waals surface area contributed by atoms with Crippen LogP contribution in [0.2, 0.25) is 0 Å². The first-order chi connectivity index (χ1) is 13.6. The van der Waals surface area contributed by atoms with Crippen LogP contribution in [-0.4, -0.2) is 25.9 Å². The molecule has 2 heterocycles. The Hall–Kier alpha value is -2.84. The van der Waals surface area contributed by atoms with E-state index in [1.165, 1.54) is 11.3 Å². The van der Waals surface area contributed by atoms with E-state index in [1.807, 2.05) is 66.9 Å². The fourth-order valence-electron chi connectivity index (χ4n) is 2.72. The Morgan fingerprint density at radius 1 is 1.14 bits per heavy atom. The smallest absolute Gasteiger partial charge is 0.279 e. The standard InChI is InChI=1S/C20H16BrN5OS/c1-13-18(24-25-26(13)11-14-5-3-2-4-6-14)19(27)23-20-22-17(12-28-20)15-7-9-16(21)10-8-15/h2-10,12H,11H2,1H3,(H,22,23,27). The van der Waals surface area contributed by atoms with E-state index < -0.39 is 0 Å². The summed E-state index contributed by atoms with van der Waals surface area (Å²) in [6.45, 7) is 2.41. The Morgan fingerprint density at radius 3 is 2.64 bits per heavy atom. The number of benzene rings is 2. The summed E-state index contributed by atoms with van der Waals surface area (Å²) in [4.78, 5) is 17.1. The van der Waals surface area contributed by atoms with Gasteiger partial charge in [-0.25, -0.2) is 9.67 Å². The molecule has 1 N–H and O–H groups in total. The Balaban J connectivity index is 1.48. The topological polar surface area (TPSA) is 72.7 Å². The monoisotopic (exact) mass is 453 g/mol. The molecular formula is C20H16BrN5OS. The van der Waals surface area contributed by atoms with Gasteiger partial charge >= 0.3 is 0 Å². The van der Waals surface area contributed by atoms with Gasteiger partial charge in [0.1, 0.15) is 0 Å². The van der Waals surface area contributed by atoms with Crippen LogP contribution in [0.25, 0.3) is 11.3 Å². The highest BCUT2D eigenvalue weighted by atomic mass is 79.9. The van der Waals surface area contributed by atoms with E-state index in [4.69, 9.17) is 0 Å². The molecule has 0 bridgehead atoms. The number of amides is 1. The van der Waals surface area contributed by atoms with Gasteiger partial charge in [0.25, 0.3) is 5.91 Å². The van der Waals surface area contributed by atoms with Gasteiger partial charge in [0, 0.05) is 15.4 Å². The molecule has 6 nitrogen and oxygen atoms in total. The highest BCUT2D eigenvalue weighted by Gasteiger charge is 2.18. The Kier molecular flexibility index (Phi) is 5.31. The highest BCUT2D eigenvalue weighted by Crippen LogP contribution is 2.26. The summed E-state index contributed by atoms with van der Waals surface area (Å²) in [7, 11) is 0. The van der Waals surface area contributed by atoms with Crippen molar-refractivity contribution in [2.75, 3.05) is 5.32 Å². The number of halogens is 1. The van der Waals surface area contributed by atoms with E-state index in [2.05, 4.69) is 36.5 Å². The first-order valence-electron chi connectivity index (χ1n) is 8.57. The zero-order valence-electron chi connectivity index (χ0n) is 15.0. The molecule has 140 valence electrons. The number of carbonyl (C=O) groups excluding carboxylic acids is 1. The maximum Gasteiger partial charge on any atom is 0.279 e. The zero-order valence-corrected chi connectivity index (χ0v) is 17.4. The molecule has 0 aliphatic carbocycles. The minimum Gasteiger partial charge on any atom is -0.296 e. The van der Waals surface area contributed by atoms with E-state index in [-0.39, 0.29) is 5.91 Å². The predicted octanol–water partition coefficient (Wildman–Crippen LogP) is 4.77. The van der Waals surface area contributed by atoms with Crippen LogP contribution in [0.1, 0.15) is 21.7 Å². The molecule has 0 aliphatic heterocycles. The molecule has 1 amide bonds. The second-order valence-electron chi connectivity index (χ2n) is 6.17. The van der Waals surface area contributed by atoms with Gasteiger partial charge in [-0.3, -0.25) is 10.1 Å². The van der Waals surface area contributed by atoms with Crippen molar-refractivity contribution in [2.24, 2.45) is 0 Å². The van der Waals surface area contributed by atoms with Crippen LogP contribution in [-0.2, 0) is 6.54 Å². The Bertz CT molecular complexity index is 1110. The molecule has 0 aliphatic rings. The molecule has 0 saturated heterocycles. The molecule has 0 unspecified atom stereocenters. The number of hydrogen-bond donors (Lipinski definition) is 1. The van der Waals surface area contributed by atoms with Gasteiger partial charge in [-0.2, -0.15) is 0 Å². The van der Waals surface area contributed by atoms with Crippen molar-refractivity contribution in [3.8, 4) is 11.3 Å². The Morgan fingerprint density at radius 2 is 1.89 bits per heavy atom. The average molecular weight is 454 g/mol. The third kappa shape index (κ3) is 4.02. The molecule has 2 aromatic carbocycles. The number of hydrogen-bond acceptors (Lipinski definition) is 5. The van der Waals surface area contributed by atoms with Crippen molar-refractivity contribution in [2.45, 2.75) is 13.5 Å². The van der Waals surface area contributed by atoms with Crippen LogP contribution in [0, 0.1) is 6.92 Å². The summed E-state index contributed by atoms with van der Waals surface area (Å²) in [6.07, 6.45) is 0. The van der Waals surface area contributed by atoms with Crippen molar-refractivity contribution in [1.82, 2.24) is 20.0 Å². The first kappa shape index (κ1) is 18.5. The van der Waals surface area contributed by atoms with Crippen LogP contribution in [0.3, 0.4) is 0 Å². The fourth-order valence-corrected chi connectivity index (χ4v) is 3.70. The van der Waals surface area contributed by atoms with Gasteiger partial charge < -0.3 is 0 Å². The SMILES string of the molecule is Cc1c(C(=O)Nc2nc(-c3ccc(Br)cc3)cs2)nnn1Cc1ccccc1.